The van der Waals surface area contributed by atoms with Gasteiger partial charge in [0, 0.05) is 30.5 Å². The number of aryl methyl sites for hydroxylation is 1. The summed E-state index contributed by atoms with van der Waals surface area (Å²) in [5, 5.41) is 27.3. The number of sulfone groups is 1. The molecule has 1 heterocycles. The number of alkyl halides is 5. The number of carbonyl (C=O) groups excluding carboxylic acids is 1. The van der Waals surface area contributed by atoms with E-state index in [9.17, 15) is 45.4 Å². The first kappa shape index (κ1) is 32.7. The van der Waals surface area contributed by atoms with Crippen molar-refractivity contribution in [2.75, 3.05) is 12.8 Å². The quantitative estimate of drug-likeness (QED) is 0.350. The molecule has 0 bridgehead atoms. The lowest BCUT2D eigenvalue weighted by Gasteiger charge is -2.39. The van der Waals surface area contributed by atoms with Crippen LogP contribution in [-0.2, 0) is 22.8 Å². The first-order valence-corrected chi connectivity index (χ1v) is 14.9. The van der Waals surface area contributed by atoms with Crippen molar-refractivity contribution in [3.8, 4) is 17.0 Å². The topological polar surface area (TPSA) is 131 Å². The van der Waals surface area contributed by atoms with Gasteiger partial charge in [-0.15, -0.1) is 0 Å². The third-order valence-corrected chi connectivity index (χ3v) is 9.13. The zero-order valence-electron chi connectivity index (χ0n) is 23.0. The van der Waals surface area contributed by atoms with Gasteiger partial charge in [-0.3, -0.25) is 9.48 Å². The molecule has 15 heteroatoms. The third kappa shape index (κ3) is 7.55. The predicted molar refractivity (Wildman–Crippen MR) is 139 cm³/mol. The number of carbonyl (C=O) groups is 1. The molecule has 1 unspecified atom stereocenters. The molecule has 0 radical (unpaired) electrons. The van der Waals surface area contributed by atoms with Gasteiger partial charge >= 0.3 is 12.8 Å². The summed E-state index contributed by atoms with van der Waals surface area (Å²) >= 11 is 0. The number of nitrogens with zero attached hydrogens (tertiary/aromatic N) is 2. The highest BCUT2D eigenvalue weighted by atomic mass is 32.2. The van der Waals surface area contributed by atoms with E-state index in [1.807, 2.05) is 0 Å². The first-order chi connectivity index (χ1) is 18.9. The number of amides is 1. The zero-order valence-corrected chi connectivity index (χ0v) is 23.8. The second-order valence-corrected chi connectivity index (χ2v) is 12.8. The highest BCUT2D eigenvalue weighted by molar-refractivity contribution is 7.91. The molecule has 1 aromatic carbocycles. The van der Waals surface area contributed by atoms with E-state index in [4.69, 9.17) is 0 Å². The minimum atomic E-state index is -4.47. The predicted octanol–water partition coefficient (Wildman–Crippen LogP) is 3.64. The SMILES string of the molecule is CCn1nc(C(=O)NC[C@@]2(O)CCC(S(C)(=O)=O)C[C@@H]2O)c(C)c1-c1ccc(C[C@H](C)C(F)(F)F)cc1OC(F)F. The van der Waals surface area contributed by atoms with Gasteiger partial charge in [-0.1, -0.05) is 13.0 Å². The maximum absolute atomic E-state index is 13.3. The summed E-state index contributed by atoms with van der Waals surface area (Å²) < 4.78 is 95.4. The van der Waals surface area contributed by atoms with Crippen molar-refractivity contribution in [1.82, 2.24) is 15.1 Å². The monoisotopic (exact) mass is 611 g/mol. The minimum absolute atomic E-state index is 0.0759. The van der Waals surface area contributed by atoms with Crippen LogP contribution in [0.25, 0.3) is 11.3 Å². The number of halogens is 5. The molecular weight excluding hydrogens is 577 g/mol. The first-order valence-electron chi connectivity index (χ1n) is 13.0. The summed E-state index contributed by atoms with van der Waals surface area (Å²) in [6.07, 6.45) is -5.46. The molecular formula is C26H34F5N3O6S. The molecule has 2 aromatic rings. The van der Waals surface area contributed by atoms with Crippen LogP contribution >= 0.6 is 0 Å². The lowest BCUT2D eigenvalue weighted by Crippen LogP contribution is -2.56. The van der Waals surface area contributed by atoms with Crippen LogP contribution in [0.5, 0.6) is 5.75 Å². The van der Waals surface area contributed by atoms with E-state index < -0.39 is 64.4 Å². The fraction of sp³-hybridized carbons (Fsp3) is 0.615. The molecule has 0 saturated heterocycles. The van der Waals surface area contributed by atoms with E-state index in [1.165, 1.54) is 23.7 Å². The van der Waals surface area contributed by atoms with E-state index >= 15 is 0 Å². The Morgan fingerprint density at radius 1 is 1.32 bits per heavy atom. The number of benzene rings is 1. The van der Waals surface area contributed by atoms with Crippen LogP contribution in [-0.4, -0.2) is 76.9 Å². The van der Waals surface area contributed by atoms with Crippen LogP contribution in [0, 0.1) is 12.8 Å². The average molecular weight is 612 g/mol. The Kier molecular flexibility index (Phi) is 9.75. The molecule has 3 rings (SSSR count). The van der Waals surface area contributed by atoms with Gasteiger partial charge in [0.1, 0.15) is 21.2 Å². The number of nitrogens with one attached hydrogen (secondary N) is 1. The van der Waals surface area contributed by atoms with Gasteiger partial charge in [0.05, 0.1) is 23.0 Å². The molecule has 230 valence electrons. The molecule has 4 atom stereocenters. The zero-order chi connectivity index (χ0) is 30.9. The molecule has 0 aliphatic heterocycles. The number of aliphatic hydroxyl groups excluding tert-OH is 1. The van der Waals surface area contributed by atoms with E-state index in [-0.39, 0.29) is 59.6 Å². The summed E-state index contributed by atoms with van der Waals surface area (Å²) in [6, 6.07) is 3.82. The highest BCUT2D eigenvalue weighted by Crippen LogP contribution is 2.37. The van der Waals surface area contributed by atoms with Crippen LogP contribution < -0.4 is 10.1 Å². The normalized spacial score (nSPS) is 22.5. The fourth-order valence-corrected chi connectivity index (χ4v) is 6.04. The molecule has 1 aliphatic carbocycles. The number of ether oxygens (including phenoxy) is 1. The molecule has 1 aromatic heterocycles. The summed E-state index contributed by atoms with van der Waals surface area (Å²) in [5.41, 5.74) is -1.17. The van der Waals surface area contributed by atoms with Gasteiger partial charge in [-0.05, 0) is 57.2 Å². The Bertz CT molecular complexity index is 1360. The Labute approximate surface area is 234 Å². The van der Waals surface area contributed by atoms with E-state index in [1.54, 1.807) is 6.92 Å². The van der Waals surface area contributed by atoms with Crippen LogP contribution in [0.15, 0.2) is 18.2 Å². The lowest BCUT2D eigenvalue weighted by atomic mass is 9.82. The number of hydrogen-bond acceptors (Lipinski definition) is 7. The molecule has 1 aliphatic rings. The molecule has 1 amide bonds. The van der Waals surface area contributed by atoms with Gasteiger partial charge in [-0.25, -0.2) is 8.42 Å². The molecule has 41 heavy (non-hydrogen) atoms. The summed E-state index contributed by atoms with van der Waals surface area (Å²) in [4.78, 5) is 13.1. The van der Waals surface area contributed by atoms with Crippen LogP contribution in [0.1, 0.15) is 54.7 Å². The van der Waals surface area contributed by atoms with E-state index in [0.717, 1.165) is 19.2 Å². The molecule has 1 fully saturated rings. The van der Waals surface area contributed by atoms with Crippen molar-refractivity contribution in [2.45, 2.75) is 82.7 Å². The van der Waals surface area contributed by atoms with Crippen molar-refractivity contribution in [3.63, 3.8) is 0 Å². The van der Waals surface area contributed by atoms with Gasteiger partial charge in [-0.2, -0.15) is 27.1 Å². The molecule has 9 nitrogen and oxygen atoms in total. The molecule has 1 saturated carbocycles. The highest BCUT2D eigenvalue weighted by Gasteiger charge is 2.44. The Balaban J connectivity index is 1.89. The third-order valence-electron chi connectivity index (χ3n) is 7.49. The number of aromatic nitrogens is 2. The summed E-state index contributed by atoms with van der Waals surface area (Å²) in [6.45, 7) is 0.702. The van der Waals surface area contributed by atoms with Crippen LogP contribution in [0.3, 0.4) is 0 Å². The Morgan fingerprint density at radius 2 is 1.98 bits per heavy atom. The van der Waals surface area contributed by atoms with Crippen LogP contribution in [0.4, 0.5) is 22.0 Å². The van der Waals surface area contributed by atoms with Crippen molar-refractivity contribution in [3.05, 3.63) is 35.0 Å². The average Bonchev–Trinajstić information content (AvgIpc) is 3.19. The maximum atomic E-state index is 13.3. The number of hydrogen-bond donors (Lipinski definition) is 3. The minimum Gasteiger partial charge on any atom is -0.434 e. The molecule has 0 spiro atoms. The van der Waals surface area contributed by atoms with Crippen LogP contribution in [0.2, 0.25) is 0 Å². The van der Waals surface area contributed by atoms with Gasteiger partial charge in [0.15, 0.2) is 5.69 Å². The van der Waals surface area contributed by atoms with Gasteiger partial charge in [0.25, 0.3) is 5.91 Å². The van der Waals surface area contributed by atoms with Crippen molar-refractivity contribution in [1.29, 1.82) is 0 Å². The Morgan fingerprint density at radius 3 is 2.51 bits per heavy atom. The van der Waals surface area contributed by atoms with Crippen molar-refractivity contribution < 1.29 is 50.1 Å². The largest absolute Gasteiger partial charge is 0.434 e. The van der Waals surface area contributed by atoms with Gasteiger partial charge < -0.3 is 20.3 Å². The second-order valence-electron chi connectivity index (χ2n) is 10.5. The van der Waals surface area contributed by atoms with E-state index in [0.29, 0.717) is 0 Å². The Hall–Kier alpha value is -2.78. The number of rotatable bonds is 10. The standard InChI is InChI=1S/C26H34F5N3O6S/c1-5-34-22(18-7-6-16(10-14(2)26(29,30)31)11-19(18)40-24(27)28)15(3)21(33-34)23(36)32-13-25(37)9-8-17(12-20(25)35)41(4,38)39/h6-7,11,14,17,20,24,35,37H,5,8-10,12-13H2,1-4H3,(H,32,36)/t14-,17?,20-,25-/m0/s1. The molecule has 3 N–H and O–H groups in total. The van der Waals surface area contributed by atoms with Crippen molar-refractivity contribution in [2.24, 2.45) is 5.92 Å². The fourth-order valence-electron chi connectivity index (χ4n) is 4.97. The smallest absolute Gasteiger partial charge is 0.391 e. The van der Waals surface area contributed by atoms with E-state index in [2.05, 4.69) is 15.2 Å². The maximum Gasteiger partial charge on any atom is 0.391 e. The summed E-state index contributed by atoms with van der Waals surface area (Å²) in [7, 11) is -3.43. The lowest BCUT2D eigenvalue weighted by molar-refractivity contribution is -0.169. The summed E-state index contributed by atoms with van der Waals surface area (Å²) in [5.74, 6) is -2.84. The number of aliphatic hydroxyl groups is 2. The van der Waals surface area contributed by atoms with Gasteiger partial charge in [0.2, 0.25) is 0 Å². The second kappa shape index (κ2) is 12.2. The van der Waals surface area contributed by atoms with Crippen molar-refractivity contribution >= 4 is 15.7 Å².